The van der Waals surface area contributed by atoms with Gasteiger partial charge in [0.25, 0.3) is 0 Å². The Hall–Kier alpha value is -5.20. The van der Waals surface area contributed by atoms with E-state index in [1.807, 2.05) is 54.6 Å². The van der Waals surface area contributed by atoms with E-state index in [0.29, 0.717) is 21.9 Å². The molecule has 0 aliphatic carbocycles. The van der Waals surface area contributed by atoms with Gasteiger partial charge in [-0.15, -0.1) is 0 Å². The molecule has 0 aliphatic heterocycles. The Labute approximate surface area is 242 Å². The van der Waals surface area contributed by atoms with Crippen LogP contribution in [0.25, 0.3) is 76.5 Å². The standard InChI is InChI=1S/C40H26/c1-2-13-28(14-3-1)39-35-16-6-8-18-37(35)40(38-19-9-7-17-36(38)39)34-23-11-21-32-31(20-10-22-33(32)34)30-25-24-27-12-4-5-15-29(27)26-30/h1-26H/i2D,6D,8D,14D,16D,18D. The smallest absolute Gasteiger partial charge is 0.0622 e. The molecule has 186 valence electrons. The molecular weight excluding hydrogens is 480 g/mol. The van der Waals surface area contributed by atoms with Crippen LogP contribution in [0.3, 0.4) is 0 Å². The van der Waals surface area contributed by atoms with Gasteiger partial charge >= 0.3 is 0 Å². The average molecular weight is 513 g/mol. The highest BCUT2D eigenvalue weighted by molar-refractivity contribution is 6.24. The van der Waals surface area contributed by atoms with E-state index in [4.69, 9.17) is 6.85 Å². The zero-order valence-corrected chi connectivity index (χ0v) is 21.5. The van der Waals surface area contributed by atoms with Gasteiger partial charge in [0.15, 0.2) is 0 Å². The first-order valence-corrected chi connectivity index (χ1v) is 13.4. The number of rotatable bonds is 3. The molecule has 0 fully saturated rings. The molecule has 0 spiro atoms. The average Bonchev–Trinajstić information content (AvgIpc) is 3.09. The molecule has 0 amide bonds. The van der Waals surface area contributed by atoms with Gasteiger partial charge in [-0.25, -0.2) is 0 Å². The lowest BCUT2D eigenvalue weighted by molar-refractivity contribution is 1.65. The molecule has 8 rings (SSSR count). The molecule has 0 unspecified atom stereocenters. The summed E-state index contributed by atoms with van der Waals surface area (Å²) in [5.74, 6) is 0. The summed E-state index contributed by atoms with van der Waals surface area (Å²) in [4.78, 5) is 0. The Kier molecular flexibility index (Phi) is 4.01. The molecule has 0 aliphatic rings. The molecule has 40 heavy (non-hydrogen) atoms. The molecule has 0 aromatic heterocycles. The number of hydrogen-bond donors (Lipinski definition) is 0. The minimum Gasteiger partial charge on any atom is -0.0622 e. The summed E-state index contributed by atoms with van der Waals surface area (Å²) in [5.41, 5.74) is 4.74. The SMILES string of the molecule is [2H]c1ccc([2H])c(-c2c3ccccc3c(-c3cccc4c(-c5ccc6ccccc6c5)cccc34)c3c([2H])c([2H])c([2H])c([2H])c23)c1. The first-order valence-electron chi connectivity index (χ1n) is 16.4. The molecule has 0 radical (unpaired) electrons. The van der Waals surface area contributed by atoms with Gasteiger partial charge in [-0.2, -0.15) is 0 Å². The Bertz CT molecular complexity index is 2550. The van der Waals surface area contributed by atoms with Crippen molar-refractivity contribution in [1.82, 2.24) is 0 Å². The summed E-state index contributed by atoms with van der Waals surface area (Å²) in [6, 6.07) is 39.1. The highest BCUT2D eigenvalue weighted by atomic mass is 14.2. The maximum atomic E-state index is 9.23. The second kappa shape index (κ2) is 9.22. The lowest BCUT2D eigenvalue weighted by Gasteiger charge is -2.19. The van der Waals surface area contributed by atoms with Crippen molar-refractivity contribution in [1.29, 1.82) is 0 Å². The van der Waals surface area contributed by atoms with Gasteiger partial charge in [0.1, 0.15) is 0 Å². The molecular formula is C40H26. The summed E-state index contributed by atoms with van der Waals surface area (Å²) in [7, 11) is 0. The molecule has 0 bridgehead atoms. The fourth-order valence-electron chi connectivity index (χ4n) is 6.07. The molecule has 0 N–H and O–H groups in total. The number of fused-ring (bicyclic) bond motifs is 4. The zero-order chi connectivity index (χ0) is 31.7. The van der Waals surface area contributed by atoms with Crippen LogP contribution in [0.1, 0.15) is 8.22 Å². The Morgan fingerprint density at radius 3 is 1.82 bits per heavy atom. The van der Waals surface area contributed by atoms with Crippen LogP contribution < -0.4 is 0 Å². The topological polar surface area (TPSA) is 0 Å². The molecule has 0 saturated heterocycles. The van der Waals surface area contributed by atoms with Crippen molar-refractivity contribution in [3.8, 4) is 33.4 Å². The summed E-state index contributed by atoms with van der Waals surface area (Å²) in [5, 5.41) is 6.65. The fraction of sp³-hybridized carbons (Fsp3) is 0. The largest absolute Gasteiger partial charge is 0.0629 e. The summed E-state index contributed by atoms with van der Waals surface area (Å²) in [6.07, 6.45) is 0. The molecule has 8 aromatic rings. The van der Waals surface area contributed by atoms with Gasteiger partial charge < -0.3 is 0 Å². The predicted octanol–water partition coefficient (Wildman–Crippen LogP) is 11.3. The van der Waals surface area contributed by atoms with Crippen molar-refractivity contribution in [2.75, 3.05) is 0 Å². The first-order chi connectivity index (χ1) is 22.3. The van der Waals surface area contributed by atoms with Crippen LogP contribution in [0.4, 0.5) is 0 Å². The summed E-state index contributed by atoms with van der Waals surface area (Å²) < 4.78 is 52.8. The third-order valence-electron chi connectivity index (χ3n) is 7.82. The van der Waals surface area contributed by atoms with Gasteiger partial charge in [-0.3, -0.25) is 0 Å². The second-order valence-corrected chi connectivity index (χ2v) is 10.0. The third-order valence-corrected chi connectivity index (χ3v) is 7.82. The molecule has 0 atom stereocenters. The minimum atomic E-state index is -0.329. The lowest BCUT2D eigenvalue weighted by Crippen LogP contribution is -1.92. The number of hydrogen-bond acceptors (Lipinski definition) is 0. The van der Waals surface area contributed by atoms with Crippen LogP contribution in [0.2, 0.25) is 0 Å². The van der Waals surface area contributed by atoms with Crippen LogP contribution in [-0.4, -0.2) is 0 Å². The maximum Gasteiger partial charge on any atom is 0.0629 e. The van der Waals surface area contributed by atoms with Crippen LogP contribution in [0, 0.1) is 0 Å². The molecule has 0 saturated carbocycles. The van der Waals surface area contributed by atoms with E-state index in [1.165, 1.54) is 5.39 Å². The van der Waals surface area contributed by atoms with Crippen LogP contribution >= 0.6 is 0 Å². The van der Waals surface area contributed by atoms with Gasteiger partial charge in [-0.1, -0.05) is 152 Å². The molecule has 8 aromatic carbocycles. The lowest BCUT2D eigenvalue weighted by atomic mass is 9.84. The van der Waals surface area contributed by atoms with Gasteiger partial charge in [-0.05, 0) is 82.5 Å². The zero-order valence-electron chi connectivity index (χ0n) is 27.5. The van der Waals surface area contributed by atoms with Gasteiger partial charge in [0.2, 0.25) is 0 Å². The highest BCUT2D eigenvalue weighted by Gasteiger charge is 2.18. The van der Waals surface area contributed by atoms with E-state index in [9.17, 15) is 1.37 Å². The summed E-state index contributed by atoms with van der Waals surface area (Å²) >= 11 is 0. The van der Waals surface area contributed by atoms with E-state index in [2.05, 4.69) is 48.5 Å². The van der Waals surface area contributed by atoms with Crippen molar-refractivity contribution < 1.29 is 8.22 Å². The van der Waals surface area contributed by atoms with Crippen molar-refractivity contribution in [3.63, 3.8) is 0 Å². The van der Waals surface area contributed by atoms with Crippen LogP contribution in [-0.2, 0) is 0 Å². The molecule has 0 heteroatoms. The monoisotopic (exact) mass is 512 g/mol. The van der Waals surface area contributed by atoms with Crippen molar-refractivity contribution in [2.45, 2.75) is 0 Å². The third kappa shape index (κ3) is 3.54. The van der Waals surface area contributed by atoms with Crippen molar-refractivity contribution in [2.24, 2.45) is 0 Å². The van der Waals surface area contributed by atoms with Gasteiger partial charge in [0, 0.05) is 0 Å². The molecule has 0 heterocycles. The Morgan fingerprint density at radius 2 is 1.00 bits per heavy atom. The minimum absolute atomic E-state index is 0.130. The highest BCUT2D eigenvalue weighted by Crippen LogP contribution is 2.46. The molecule has 0 nitrogen and oxygen atoms in total. The maximum absolute atomic E-state index is 9.23. The van der Waals surface area contributed by atoms with Crippen LogP contribution in [0.5, 0.6) is 0 Å². The van der Waals surface area contributed by atoms with Crippen molar-refractivity contribution >= 4 is 43.1 Å². The summed E-state index contributed by atoms with van der Waals surface area (Å²) in [6.45, 7) is 0. The van der Waals surface area contributed by atoms with Gasteiger partial charge in [0.05, 0.1) is 8.22 Å². The van der Waals surface area contributed by atoms with E-state index >= 15 is 0 Å². The van der Waals surface area contributed by atoms with E-state index in [-0.39, 0.29) is 36.3 Å². The fourth-order valence-corrected chi connectivity index (χ4v) is 6.07. The van der Waals surface area contributed by atoms with E-state index < -0.39 is 0 Å². The normalized spacial score (nSPS) is 13.6. The first kappa shape index (κ1) is 17.4. The predicted molar refractivity (Wildman–Crippen MR) is 173 cm³/mol. The van der Waals surface area contributed by atoms with E-state index in [0.717, 1.165) is 49.2 Å². The second-order valence-electron chi connectivity index (χ2n) is 10.0. The Morgan fingerprint density at radius 1 is 0.350 bits per heavy atom. The quantitative estimate of drug-likeness (QED) is 0.207. The van der Waals surface area contributed by atoms with E-state index in [1.54, 1.807) is 18.2 Å². The van der Waals surface area contributed by atoms with Crippen LogP contribution in [0.15, 0.2) is 158 Å². The Balaban J connectivity index is 1.54. The number of benzene rings is 8. The van der Waals surface area contributed by atoms with Crippen molar-refractivity contribution in [3.05, 3.63) is 158 Å².